The predicted molar refractivity (Wildman–Crippen MR) is 131 cm³/mol. The summed E-state index contributed by atoms with van der Waals surface area (Å²) in [5.41, 5.74) is 3.13. The molecular formula is C27H26N2O3S. The van der Waals surface area contributed by atoms with Crippen molar-refractivity contribution in [3.63, 3.8) is 0 Å². The van der Waals surface area contributed by atoms with Crippen molar-refractivity contribution in [3.05, 3.63) is 101 Å². The highest BCUT2D eigenvalue weighted by Crippen LogP contribution is 2.38. The standard InChI is InChI=1S/C27H26N2O3S/c1-19(2)17-32-23-10-8-22(9-11-23)24-25(33-18-21-6-4-3-5-7-21)27(31)29(26(24)30)16-20-12-14-28-15-13-20/h3-15,19H,16-18H2,1-2H3. The number of hydrogen-bond donors (Lipinski definition) is 0. The van der Waals surface area contributed by atoms with E-state index in [1.165, 1.54) is 16.7 Å². The summed E-state index contributed by atoms with van der Waals surface area (Å²) in [6, 6.07) is 21.0. The molecule has 0 unspecified atom stereocenters. The van der Waals surface area contributed by atoms with Crippen molar-refractivity contribution >= 4 is 29.1 Å². The van der Waals surface area contributed by atoms with Crippen molar-refractivity contribution in [1.29, 1.82) is 0 Å². The van der Waals surface area contributed by atoms with Gasteiger partial charge in [0.2, 0.25) is 0 Å². The van der Waals surface area contributed by atoms with Gasteiger partial charge in [0.25, 0.3) is 11.8 Å². The number of amides is 2. The smallest absolute Gasteiger partial charge is 0.268 e. The molecule has 168 valence electrons. The Kier molecular flexibility index (Phi) is 7.25. The summed E-state index contributed by atoms with van der Waals surface area (Å²) in [4.78, 5) is 32.6. The second-order valence-corrected chi connectivity index (χ2v) is 9.25. The highest BCUT2D eigenvalue weighted by molar-refractivity contribution is 8.03. The summed E-state index contributed by atoms with van der Waals surface area (Å²) in [6.45, 7) is 5.03. The predicted octanol–water partition coefficient (Wildman–Crippen LogP) is 5.33. The first-order valence-electron chi connectivity index (χ1n) is 10.9. The first-order chi connectivity index (χ1) is 16.0. The lowest BCUT2D eigenvalue weighted by Crippen LogP contribution is -2.30. The Bertz CT molecular complexity index is 1140. The van der Waals surface area contributed by atoms with Gasteiger partial charge in [-0.05, 0) is 46.9 Å². The molecule has 0 atom stereocenters. The average molecular weight is 459 g/mol. The van der Waals surface area contributed by atoms with E-state index in [1.807, 2.05) is 66.7 Å². The summed E-state index contributed by atoms with van der Waals surface area (Å²) in [5.74, 6) is 1.24. The maximum absolute atomic E-state index is 13.4. The number of rotatable bonds is 9. The van der Waals surface area contributed by atoms with Gasteiger partial charge >= 0.3 is 0 Å². The van der Waals surface area contributed by atoms with Crippen molar-refractivity contribution < 1.29 is 14.3 Å². The molecule has 0 radical (unpaired) electrons. The molecule has 5 nitrogen and oxygen atoms in total. The van der Waals surface area contributed by atoms with Crippen LogP contribution in [0.2, 0.25) is 0 Å². The zero-order chi connectivity index (χ0) is 23.2. The Morgan fingerprint density at radius 1 is 0.879 bits per heavy atom. The SMILES string of the molecule is CC(C)COc1ccc(C2=C(SCc3ccccc3)C(=O)N(Cc3ccncc3)C2=O)cc1. The molecule has 3 aromatic rings. The number of ether oxygens (including phenoxy) is 1. The lowest BCUT2D eigenvalue weighted by molar-refractivity contribution is -0.137. The quantitative estimate of drug-likeness (QED) is 0.406. The van der Waals surface area contributed by atoms with Crippen LogP contribution in [0, 0.1) is 5.92 Å². The molecule has 2 heterocycles. The molecule has 1 aliphatic rings. The topological polar surface area (TPSA) is 59.5 Å². The minimum atomic E-state index is -0.275. The third kappa shape index (κ3) is 5.52. The molecule has 0 N–H and O–H groups in total. The van der Waals surface area contributed by atoms with Crippen LogP contribution in [-0.4, -0.2) is 28.3 Å². The van der Waals surface area contributed by atoms with E-state index in [0.29, 0.717) is 28.8 Å². The van der Waals surface area contributed by atoms with Crippen molar-refractivity contribution in [2.45, 2.75) is 26.1 Å². The number of thioether (sulfide) groups is 1. The molecule has 33 heavy (non-hydrogen) atoms. The van der Waals surface area contributed by atoms with Crippen molar-refractivity contribution in [2.24, 2.45) is 5.92 Å². The van der Waals surface area contributed by atoms with Gasteiger partial charge in [-0.25, -0.2) is 0 Å². The maximum atomic E-state index is 13.4. The molecule has 6 heteroatoms. The second-order valence-electron chi connectivity index (χ2n) is 8.26. The van der Waals surface area contributed by atoms with E-state index >= 15 is 0 Å². The zero-order valence-electron chi connectivity index (χ0n) is 18.7. The number of nitrogens with zero attached hydrogens (tertiary/aromatic N) is 2. The molecular weight excluding hydrogens is 432 g/mol. The van der Waals surface area contributed by atoms with Crippen LogP contribution in [-0.2, 0) is 21.9 Å². The van der Waals surface area contributed by atoms with E-state index in [2.05, 4.69) is 18.8 Å². The van der Waals surface area contributed by atoms with Crippen molar-refractivity contribution in [1.82, 2.24) is 9.88 Å². The summed E-state index contributed by atoms with van der Waals surface area (Å²) >= 11 is 1.41. The minimum Gasteiger partial charge on any atom is -0.493 e. The summed E-state index contributed by atoms with van der Waals surface area (Å²) < 4.78 is 5.78. The molecule has 0 aliphatic carbocycles. The third-order valence-corrected chi connectivity index (χ3v) is 6.31. The second kappa shape index (κ2) is 10.5. The Morgan fingerprint density at radius 2 is 1.58 bits per heavy atom. The molecule has 2 amide bonds. The molecule has 0 fully saturated rings. The lowest BCUT2D eigenvalue weighted by Gasteiger charge is -2.15. The Labute approximate surface area is 198 Å². The van der Waals surface area contributed by atoms with E-state index in [4.69, 9.17) is 4.74 Å². The largest absolute Gasteiger partial charge is 0.493 e. The lowest BCUT2D eigenvalue weighted by atomic mass is 10.1. The molecule has 4 rings (SSSR count). The molecule has 2 aromatic carbocycles. The fraction of sp³-hybridized carbons (Fsp3) is 0.222. The summed E-state index contributed by atoms with van der Waals surface area (Å²) in [7, 11) is 0. The number of pyridine rings is 1. The summed E-state index contributed by atoms with van der Waals surface area (Å²) in [5, 5.41) is 0. The first kappa shape index (κ1) is 22.8. The Balaban J connectivity index is 1.62. The number of benzene rings is 2. The van der Waals surface area contributed by atoms with E-state index in [9.17, 15) is 9.59 Å². The van der Waals surface area contributed by atoms with Crippen LogP contribution < -0.4 is 4.74 Å². The molecule has 0 bridgehead atoms. The van der Waals surface area contributed by atoms with E-state index in [-0.39, 0.29) is 18.4 Å². The van der Waals surface area contributed by atoms with Gasteiger partial charge in [-0.1, -0.05) is 56.3 Å². The molecule has 1 aliphatic heterocycles. The van der Waals surface area contributed by atoms with Gasteiger partial charge in [-0.2, -0.15) is 0 Å². The highest BCUT2D eigenvalue weighted by Gasteiger charge is 2.39. The van der Waals surface area contributed by atoms with E-state index in [0.717, 1.165) is 22.4 Å². The summed E-state index contributed by atoms with van der Waals surface area (Å²) in [6.07, 6.45) is 3.32. The maximum Gasteiger partial charge on any atom is 0.268 e. The van der Waals surface area contributed by atoms with Gasteiger partial charge < -0.3 is 4.74 Å². The molecule has 1 aromatic heterocycles. The van der Waals surface area contributed by atoms with Crippen LogP contribution in [0.15, 0.2) is 84.0 Å². The molecule has 0 saturated heterocycles. The fourth-order valence-electron chi connectivity index (χ4n) is 3.47. The van der Waals surface area contributed by atoms with Gasteiger partial charge in [-0.15, -0.1) is 11.8 Å². The Hall–Kier alpha value is -3.38. The molecule has 0 spiro atoms. The van der Waals surface area contributed by atoms with Gasteiger partial charge in [0.15, 0.2) is 0 Å². The normalized spacial score (nSPS) is 13.8. The number of imide groups is 1. The van der Waals surface area contributed by atoms with Crippen LogP contribution in [0.25, 0.3) is 5.57 Å². The fourth-order valence-corrected chi connectivity index (χ4v) is 4.55. The van der Waals surface area contributed by atoms with Gasteiger partial charge in [0.1, 0.15) is 5.75 Å². The monoisotopic (exact) mass is 458 g/mol. The van der Waals surface area contributed by atoms with Crippen LogP contribution in [0.4, 0.5) is 0 Å². The Morgan fingerprint density at radius 3 is 2.24 bits per heavy atom. The highest BCUT2D eigenvalue weighted by atomic mass is 32.2. The number of hydrogen-bond acceptors (Lipinski definition) is 5. The molecule has 0 saturated carbocycles. The number of aromatic nitrogens is 1. The van der Waals surface area contributed by atoms with Gasteiger partial charge in [-0.3, -0.25) is 19.5 Å². The third-order valence-electron chi connectivity index (χ3n) is 5.17. The van der Waals surface area contributed by atoms with Crippen molar-refractivity contribution in [2.75, 3.05) is 6.61 Å². The average Bonchev–Trinajstić information content (AvgIpc) is 3.07. The van der Waals surface area contributed by atoms with Gasteiger partial charge in [0, 0.05) is 18.1 Å². The van der Waals surface area contributed by atoms with Crippen LogP contribution >= 0.6 is 11.8 Å². The van der Waals surface area contributed by atoms with Crippen molar-refractivity contribution in [3.8, 4) is 5.75 Å². The van der Waals surface area contributed by atoms with Crippen LogP contribution in [0.5, 0.6) is 5.75 Å². The van der Waals surface area contributed by atoms with Gasteiger partial charge in [0.05, 0.1) is 23.6 Å². The zero-order valence-corrected chi connectivity index (χ0v) is 19.5. The van der Waals surface area contributed by atoms with Crippen LogP contribution in [0.3, 0.4) is 0 Å². The number of carbonyl (C=O) groups is 2. The van der Waals surface area contributed by atoms with Crippen LogP contribution in [0.1, 0.15) is 30.5 Å². The first-order valence-corrected chi connectivity index (χ1v) is 11.9. The van der Waals surface area contributed by atoms with E-state index < -0.39 is 0 Å². The van der Waals surface area contributed by atoms with E-state index in [1.54, 1.807) is 12.4 Å². The number of carbonyl (C=O) groups excluding carboxylic acids is 2. The minimum absolute atomic E-state index is 0.217.